The molecule has 0 spiro atoms. The quantitative estimate of drug-likeness (QED) is 0.649. The number of carbonyl (C=O) groups is 1. The Morgan fingerprint density at radius 3 is 2.36 bits per heavy atom. The zero-order valence-corrected chi connectivity index (χ0v) is 9.00. The van der Waals surface area contributed by atoms with Gasteiger partial charge in [0.15, 0.2) is 0 Å². The molecule has 0 aliphatic carbocycles. The Labute approximate surface area is 84.6 Å². The Balaban J connectivity index is 4.13. The van der Waals surface area contributed by atoms with Gasteiger partial charge in [0.1, 0.15) is 11.6 Å². The van der Waals surface area contributed by atoms with Crippen LogP contribution in [0, 0.1) is 12.3 Å². The van der Waals surface area contributed by atoms with E-state index >= 15 is 0 Å². The number of carbonyl (C=O) groups excluding carboxylic acids is 1. The van der Waals surface area contributed by atoms with Crippen LogP contribution in [0.1, 0.15) is 27.7 Å². The van der Waals surface area contributed by atoms with Gasteiger partial charge in [0.2, 0.25) is 0 Å². The van der Waals surface area contributed by atoms with Crippen molar-refractivity contribution in [2.24, 2.45) is 0 Å². The summed E-state index contributed by atoms with van der Waals surface area (Å²) in [5.74, 6) is 2.26. The zero-order chi connectivity index (χ0) is 11.4. The van der Waals surface area contributed by atoms with Crippen LogP contribution in [0.3, 0.4) is 0 Å². The third kappa shape index (κ3) is 5.44. The number of hydrogen-bond donors (Lipinski definition) is 2. The third-order valence-electron chi connectivity index (χ3n) is 1.33. The Kier molecular flexibility index (Phi) is 4.45. The molecule has 0 saturated heterocycles. The molecule has 2 atom stereocenters. The molecule has 0 heterocycles. The van der Waals surface area contributed by atoms with Crippen LogP contribution in [-0.4, -0.2) is 28.9 Å². The fraction of sp³-hybridized carbons (Fsp3) is 0.700. The third-order valence-corrected chi connectivity index (χ3v) is 1.33. The lowest BCUT2D eigenvalue weighted by atomic mass is 10.2. The number of aliphatic hydroxyl groups excluding tert-OH is 1. The number of rotatable bonds is 2. The predicted molar refractivity (Wildman–Crippen MR) is 53.7 cm³/mol. The van der Waals surface area contributed by atoms with E-state index < -0.39 is 23.8 Å². The molecule has 1 unspecified atom stereocenters. The lowest BCUT2D eigenvalue weighted by Crippen LogP contribution is -2.43. The molecule has 2 N–H and O–H groups in total. The summed E-state index contributed by atoms with van der Waals surface area (Å²) < 4.78 is 4.96. The van der Waals surface area contributed by atoms with E-state index in [4.69, 9.17) is 16.3 Å². The van der Waals surface area contributed by atoms with E-state index in [0.29, 0.717) is 0 Å². The summed E-state index contributed by atoms with van der Waals surface area (Å²) >= 11 is 0. The van der Waals surface area contributed by atoms with Crippen LogP contribution in [0.2, 0.25) is 0 Å². The van der Waals surface area contributed by atoms with Gasteiger partial charge >= 0.3 is 6.09 Å². The highest BCUT2D eigenvalue weighted by Crippen LogP contribution is 2.06. The lowest BCUT2D eigenvalue weighted by Gasteiger charge is -2.22. The van der Waals surface area contributed by atoms with Crippen molar-refractivity contribution in [3.63, 3.8) is 0 Å². The first-order valence-corrected chi connectivity index (χ1v) is 4.40. The molecule has 0 bridgehead atoms. The second kappa shape index (κ2) is 4.87. The summed E-state index contributed by atoms with van der Waals surface area (Å²) in [4.78, 5) is 11.2. The van der Waals surface area contributed by atoms with Crippen LogP contribution in [0.5, 0.6) is 0 Å². The molecule has 0 aromatic carbocycles. The minimum Gasteiger partial charge on any atom is -0.444 e. The molecule has 14 heavy (non-hydrogen) atoms. The van der Waals surface area contributed by atoms with Crippen molar-refractivity contribution < 1.29 is 14.6 Å². The van der Waals surface area contributed by atoms with Gasteiger partial charge in [-0.1, -0.05) is 5.92 Å². The number of alkyl carbamates (subject to hydrolysis) is 1. The van der Waals surface area contributed by atoms with Crippen LogP contribution >= 0.6 is 0 Å². The average molecular weight is 199 g/mol. The van der Waals surface area contributed by atoms with Gasteiger partial charge in [-0.3, -0.25) is 0 Å². The number of hydrogen-bond acceptors (Lipinski definition) is 3. The van der Waals surface area contributed by atoms with E-state index in [1.54, 1.807) is 20.8 Å². The number of ether oxygens (including phenoxy) is 1. The summed E-state index contributed by atoms with van der Waals surface area (Å²) in [6.45, 7) is 6.75. The SMILES string of the molecule is C#C[C@H](NC(=O)OC(C)(C)C)C(C)O. The van der Waals surface area contributed by atoms with Crippen LogP contribution in [-0.2, 0) is 4.74 Å². The average Bonchev–Trinajstić information content (AvgIpc) is 1.96. The second-order valence-corrected chi connectivity index (χ2v) is 4.03. The van der Waals surface area contributed by atoms with Gasteiger partial charge in [-0.25, -0.2) is 4.79 Å². The molecule has 0 fully saturated rings. The van der Waals surface area contributed by atoms with Gasteiger partial charge in [0, 0.05) is 0 Å². The Morgan fingerprint density at radius 1 is 1.57 bits per heavy atom. The zero-order valence-electron chi connectivity index (χ0n) is 9.00. The van der Waals surface area contributed by atoms with Crippen molar-refractivity contribution >= 4 is 6.09 Å². The summed E-state index contributed by atoms with van der Waals surface area (Å²) in [6.07, 6.45) is 3.68. The van der Waals surface area contributed by atoms with Gasteiger partial charge in [-0.2, -0.15) is 0 Å². The van der Waals surface area contributed by atoms with Gasteiger partial charge in [0.25, 0.3) is 0 Å². The first kappa shape index (κ1) is 12.8. The van der Waals surface area contributed by atoms with Crippen LogP contribution < -0.4 is 5.32 Å². The molecule has 4 heteroatoms. The fourth-order valence-electron chi connectivity index (χ4n) is 0.736. The van der Waals surface area contributed by atoms with E-state index in [2.05, 4.69) is 11.2 Å². The summed E-state index contributed by atoms with van der Waals surface area (Å²) in [5, 5.41) is 11.5. The number of nitrogens with one attached hydrogen (secondary N) is 1. The maximum Gasteiger partial charge on any atom is 0.408 e. The molecule has 0 rings (SSSR count). The lowest BCUT2D eigenvalue weighted by molar-refractivity contribution is 0.0470. The van der Waals surface area contributed by atoms with Crippen molar-refractivity contribution in [1.82, 2.24) is 5.32 Å². The maximum absolute atomic E-state index is 11.2. The van der Waals surface area contributed by atoms with Crippen LogP contribution in [0.15, 0.2) is 0 Å². The van der Waals surface area contributed by atoms with Crippen molar-refractivity contribution in [2.75, 3.05) is 0 Å². The molecule has 80 valence electrons. The van der Waals surface area contributed by atoms with E-state index in [1.165, 1.54) is 6.92 Å². The molecule has 0 aromatic rings. The molecular weight excluding hydrogens is 182 g/mol. The van der Waals surface area contributed by atoms with Crippen LogP contribution in [0.25, 0.3) is 0 Å². The highest BCUT2D eigenvalue weighted by molar-refractivity contribution is 5.68. The van der Waals surface area contributed by atoms with Gasteiger partial charge in [-0.15, -0.1) is 6.42 Å². The molecule has 0 aliphatic rings. The van der Waals surface area contributed by atoms with Crippen LogP contribution in [0.4, 0.5) is 4.79 Å². The second-order valence-electron chi connectivity index (χ2n) is 4.03. The molecule has 0 aromatic heterocycles. The maximum atomic E-state index is 11.2. The van der Waals surface area contributed by atoms with Gasteiger partial charge < -0.3 is 15.2 Å². The van der Waals surface area contributed by atoms with E-state index in [-0.39, 0.29) is 0 Å². The molecule has 4 nitrogen and oxygen atoms in total. The molecule has 0 radical (unpaired) electrons. The minimum atomic E-state index is -0.799. The first-order valence-electron chi connectivity index (χ1n) is 4.40. The largest absolute Gasteiger partial charge is 0.444 e. The van der Waals surface area contributed by atoms with Crippen molar-refractivity contribution in [2.45, 2.75) is 45.4 Å². The molecular formula is C10H17NO3. The molecule has 0 saturated carbocycles. The Hall–Kier alpha value is -1.21. The van der Waals surface area contributed by atoms with Gasteiger partial charge in [0.05, 0.1) is 6.10 Å². The van der Waals surface area contributed by atoms with Crippen molar-refractivity contribution in [3.8, 4) is 12.3 Å². The monoisotopic (exact) mass is 199 g/mol. The normalized spacial score (nSPS) is 15.1. The molecule has 0 aliphatic heterocycles. The highest BCUT2D eigenvalue weighted by atomic mass is 16.6. The Bertz CT molecular complexity index is 235. The number of aliphatic hydroxyl groups is 1. The smallest absolute Gasteiger partial charge is 0.408 e. The number of terminal acetylenes is 1. The minimum absolute atomic E-state index is 0.568. The molecule has 1 amide bonds. The summed E-state index contributed by atoms with van der Waals surface area (Å²) in [6, 6.07) is -0.718. The van der Waals surface area contributed by atoms with Crippen molar-refractivity contribution in [1.29, 1.82) is 0 Å². The summed E-state index contributed by atoms with van der Waals surface area (Å²) in [7, 11) is 0. The van der Waals surface area contributed by atoms with E-state index in [0.717, 1.165) is 0 Å². The summed E-state index contributed by atoms with van der Waals surface area (Å²) in [5.41, 5.74) is -0.568. The fourth-order valence-corrected chi connectivity index (χ4v) is 0.736. The van der Waals surface area contributed by atoms with E-state index in [1.807, 2.05) is 0 Å². The van der Waals surface area contributed by atoms with E-state index in [9.17, 15) is 4.79 Å². The Morgan fingerprint density at radius 2 is 2.07 bits per heavy atom. The number of amides is 1. The highest BCUT2D eigenvalue weighted by Gasteiger charge is 2.20. The topological polar surface area (TPSA) is 58.6 Å². The van der Waals surface area contributed by atoms with Gasteiger partial charge in [-0.05, 0) is 27.7 Å². The standard InChI is InChI=1S/C10H17NO3/c1-6-8(7(2)12)11-9(13)14-10(3,4)5/h1,7-8,12H,2-5H3,(H,11,13)/t7?,8-/m0/s1. The van der Waals surface area contributed by atoms with Crippen molar-refractivity contribution in [3.05, 3.63) is 0 Å². The first-order chi connectivity index (χ1) is 6.26. The predicted octanol–water partition coefficient (Wildman–Crippen LogP) is 0.894.